The Balaban J connectivity index is 0.00000225. The van der Waals surface area contributed by atoms with Crippen molar-refractivity contribution in [2.75, 3.05) is 18.4 Å². The third-order valence-corrected chi connectivity index (χ3v) is 6.21. The second kappa shape index (κ2) is 9.69. The van der Waals surface area contributed by atoms with Gasteiger partial charge in [-0.1, -0.05) is 25.7 Å². The van der Waals surface area contributed by atoms with Gasteiger partial charge in [0.25, 0.3) is 0 Å². The normalized spacial score (nSPS) is 27.4. The summed E-state index contributed by atoms with van der Waals surface area (Å²) in [6.45, 7) is 1.83. The minimum atomic E-state index is -0.163. The van der Waals surface area contributed by atoms with E-state index in [0.29, 0.717) is 12.0 Å². The van der Waals surface area contributed by atoms with E-state index in [9.17, 15) is 9.59 Å². The maximum absolute atomic E-state index is 12.5. The summed E-state index contributed by atoms with van der Waals surface area (Å²) in [5, 5.41) is 10.5. The topological polar surface area (TPSA) is 92.2 Å². The minimum absolute atomic E-state index is 0. The Morgan fingerprint density at radius 1 is 1.11 bits per heavy atom. The lowest BCUT2D eigenvalue weighted by Crippen LogP contribution is -2.40. The summed E-state index contributed by atoms with van der Waals surface area (Å²) in [7, 11) is 0. The highest BCUT2D eigenvalue weighted by molar-refractivity contribution is 5.93. The van der Waals surface area contributed by atoms with Gasteiger partial charge in [-0.15, -0.1) is 17.5 Å². The Bertz CT molecular complexity index is 659. The van der Waals surface area contributed by atoms with Crippen molar-refractivity contribution in [1.82, 2.24) is 25.0 Å². The Labute approximate surface area is 172 Å². The van der Waals surface area contributed by atoms with E-state index in [4.69, 9.17) is 0 Å². The van der Waals surface area contributed by atoms with E-state index in [1.54, 1.807) is 0 Å². The van der Waals surface area contributed by atoms with E-state index in [0.717, 1.165) is 32.4 Å². The van der Waals surface area contributed by atoms with E-state index in [1.807, 2.05) is 4.90 Å². The van der Waals surface area contributed by atoms with Crippen LogP contribution in [0, 0.1) is 5.92 Å². The molecular formula is C19H31ClN6O2. The first-order valence-electron chi connectivity index (χ1n) is 10.4. The van der Waals surface area contributed by atoms with Crippen LogP contribution in [0.25, 0.3) is 0 Å². The number of likely N-dealkylation sites (tertiary alicyclic amines) is 1. The summed E-state index contributed by atoms with van der Waals surface area (Å²) in [5.41, 5.74) is 0. The largest absolute Gasteiger partial charge is 0.341 e. The number of carbonyl (C=O) groups is 2. The maximum Gasteiger partial charge on any atom is 0.248 e. The molecule has 1 aromatic rings. The van der Waals surface area contributed by atoms with Gasteiger partial charge in [-0.25, -0.2) is 9.67 Å². The van der Waals surface area contributed by atoms with Crippen LogP contribution in [0.2, 0.25) is 0 Å². The quantitative estimate of drug-likeness (QED) is 0.791. The molecule has 1 aromatic heterocycles. The zero-order valence-electron chi connectivity index (χ0n) is 16.3. The van der Waals surface area contributed by atoms with Gasteiger partial charge in [0.15, 0.2) is 0 Å². The maximum atomic E-state index is 12.5. The molecule has 28 heavy (non-hydrogen) atoms. The molecule has 156 valence electrons. The molecular weight excluding hydrogens is 380 g/mol. The second-order valence-electron chi connectivity index (χ2n) is 8.16. The van der Waals surface area contributed by atoms with Crippen molar-refractivity contribution in [3.05, 3.63) is 6.33 Å². The molecule has 0 spiro atoms. The molecule has 2 N–H and O–H groups in total. The molecule has 3 fully saturated rings. The van der Waals surface area contributed by atoms with Gasteiger partial charge in [-0.05, 0) is 38.0 Å². The fourth-order valence-corrected chi connectivity index (χ4v) is 4.71. The van der Waals surface area contributed by atoms with Crippen LogP contribution in [0.1, 0.15) is 57.8 Å². The fourth-order valence-electron chi connectivity index (χ4n) is 4.71. The molecule has 2 amide bonds. The minimum Gasteiger partial charge on any atom is -0.341 e. The molecule has 8 nitrogen and oxygen atoms in total. The Morgan fingerprint density at radius 2 is 1.86 bits per heavy atom. The van der Waals surface area contributed by atoms with Gasteiger partial charge in [-0.2, -0.15) is 0 Å². The van der Waals surface area contributed by atoms with E-state index in [1.165, 1.54) is 49.5 Å². The molecule has 0 radical (unpaired) electrons. The molecule has 2 aliphatic heterocycles. The number of fused-ring (bicyclic) bond motifs is 1. The average molecular weight is 411 g/mol. The van der Waals surface area contributed by atoms with Gasteiger partial charge >= 0.3 is 0 Å². The van der Waals surface area contributed by atoms with Gasteiger partial charge in [0.05, 0.1) is 6.04 Å². The molecule has 2 saturated heterocycles. The lowest BCUT2D eigenvalue weighted by Gasteiger charge is -2.24. The zero-order chi connectivity index (χ0) is 18.6. The van der Waals surface area contributed by atoms with E-state index < -0.39 is 0 Å². The highest BCUT2D eigenvalue weighted by atomic mass is 35.5. The molecule has 0 aromatic carbocycles. The molecule has 1 aliphatic carbocycles. The van der Waals surface area contributed by atoms with E-state index in [2.05, 4.69) is 20.7 Å². The predicted molar refractivity (Wildman–Crippen MR) is 108 cm³/mol. The summed E-state index contributed by atoms with van der Waals surface area (Å²) in [6.07, 6.45) is 11.8. The van der Waals surface area contributed by atoms with Crippen molar-refractivity contribution in [2.45, 2.75) is 76.4 Å². The molecule has 1 saturated carbocycles. The van der Waals surface area contributed by atoms with Crippen LogP contribution in [0.3, 0.4) is 0 Å². The molecule has 3 unspecified atom stereocenters. The summed E-state index contributed by atoms with van der Waals surface area (Å²) in [6, 6.07) is 0.315. The molecule has 9 heteroatoms. The summed E-state index contributed by atoms with van der Waals surface area (Å²) < 4.78 is 1.52. The number of hydrogen-bond donors (Lipinski definition) is 2. The number of aromatic nitrogens is 3. The molecule has 3 heterocycles. The average Bonchev–Trinajstić information content (AvgIpc) is 3.19. The highest BCUT2D eigenvalue weighted by Crippen LogP contribution is 2.33. The molecule has 0 bridgehead atoms. The Kier molecular flexibility index (Phi) is 7.29. The van der Waals surface area contributed by atoms with Crippen LogP contribution in [0.4, 0.5) is 5.95 Å². The first kappa shape index (κ1) is 21.0. The number of halogens is 1. The van der Waals surface area contributed by atoms with Gasteiger partial charge < -0.3 is 10.2 Å². The van der Waals surface area contributed by atoms with E-state index >= 15 is 0 Å². The van der Waals surface area contributed by atoms with Crippen LogP contribution >= 0.6 is 12.4 Å². The number of rotatable bonds is 4. The third kappa shape index (κ3) is 5.03. The van der Waals surface area contributed by atoms with E-state index in [-0.39, 0.29) is 42.8 Å². The predicted octanol–water partition coefficient (Wildman–Crippen LogP) is 1.96. The lowest BCUT2D eigenvalue weighted by atomic mass is 9.85. The van der Waals surface area contributed by atoms with Crippen LogP contribution < -0.4 is 10.6 Å². The number of amides is 2. The molecule has 4 rings (SSSR count). The Morgan fingerprint density at radius 3 is 2.61 bits per heavy atom. The lowest BCUT2D eigenvalue weighted by molar-refractivity contribution is -0.132. The van der Waals surface area contributed by atoms with Crippen molar-refractivity contribution >= 4 is 30.2 Å². The number of carbonyl (C=O) groups excluding carboxylic acids is 2. The van der Waals surface area contributed by atoms with Crippen molar-refractivity contribution in [3.8, 4) is 0 Å². The fraction of sp³-hybridized carbons (Fsp3) is 0.789. The summed E-state index contributed by atoms with van der Waals surface area (Å²) >= 11 is 0. The van der Waals surface area contributed by atoms with Gasteiger partial charge in [-0.3, -0.25) is 14.9 Å². The number of anilines is 1. The smallest absolute Gasteiger partial charge is 0.248 e. The van der Waals surface area contributed by atoms with Crippen molar-refractivity contribution < 1.29 is 9.59 Å². The van der Waals surface area contributed by atoms with Gasteiger partial charge in [0.2, 0.25) is 17.8 Å². The highest BCUT2D eigenvalue weighted by Gasteiger charge is 2.38. The van der Waals surface area contributed by atoms with Crippen LogP contribution in [0.5, 0.6) is 0 Å². The van der Waals surface area contributed by atoms with Gasteiger partial charge in [0, 0.05) is 19.1 Å². The summed E-state index contributed by atoms with van der Waals surface area (Å²) in [4.78, 5) is 31.1. The molecule has 3 atom stereocenters. The molecule has 3 aliphatic rings. The number of hydrogen-bond acceptors (Lipinski definition) is 5. The SMILES string of the molecule is Cl.O=C(Nc1ncn(CC(=O)N2CCCCCC2)n1)C1CC2CCCCC2N1. The van der Waals surface area contributed by atoms with Crippen molar-refractivity contribution in [1.29, 1.82) is 0 Å². The van der Waals surface area contributed by atoms with Crippen LogP contribution in [-0.2, 0) is 16.1 Å². The van der Waals surface area contributed by atoms with Crippen LogP contribution in [0.15, 0.2) is 6.33 Å². The van der Waals surface area contributed by atoms with Crippen LogP contribution in [-0.4, -0.2) is 56.7 Å². The summed E-state index contributed by atoms with van der Waals surface area (Å²) in [5.74, 6) is 0.897. The third-order valence-electron chi connectivity index (χ3n) is 6.21. The van der Waals surface area contributed by atoms with Crippen molar-refractivity contribution in [2.24, 2.45) is 5.92 Å². The standard InChI is InChI=1S/C19H30N6O2.ClH/c26-17(24-9-5-1-2-6-10-24)12-25-13-20-19(23-25)22-18(27)16-11-14-7-3-4-8-15(14)21-16;/h13-16,21H,1-12H2,(H,22,23,27);1H. The second-order valence-corrected chi connectivity index (χ2v) is 8.16. The van der Waals surface area contributed by atoms with Gasteiger partial charge in [0.1, 0.15) is 12.9 Å². The zero-order valence-corrected chi connectivity index (χ0v) is 17.1. The number of nitrogens with zero attached hydrogens (tertiary/aromatic N) is 4. The Hall–Kier alpha value is -1.67. The van der Waals surface area contributed by atoms with Crippen molar-refractivity contribution in [3.63, 3.8) is 0 Å². The first-order chi connectivity index (χ1) is 13.2. The monoisotopic (exact) mass is 410 g/mol. The first-order valence-corrected chi connectivity index (χ1v) is 10.4. The number of nitrogens with one attached hydrogen (secondary N) is 2.